The summed E-state index contributed by atoms with van der Waals surface area (Å²) in [6, 6.07) is 5.46. The van der Waals surface area contributed by atoms with Crippen molar-refractivity contribution in [3.8, 4) is 11.1 Å². The van der Waals surface area contributed by atoms with E-state index in [0.29, 0.717) is 18.0 Å². The van der Waals surface area contributed by atoms with Gasteiger partial charge in [0.15, 0.2) is 0 Å². The zero-order chi connectivity index (χ0) is 18.7. The molecule has 0 radical (unpaired) electrons. The van der Waals surface area contributed by atoms with E-state index in [0.717, 1.165) is 43.1 Å². The van der Waals surface area contributed by atoms with Gasteiger partial charge in [0.2, 0.25) is 0 Å². The third kappa shape index (κ3) is 3.86. The first-order valence-electron chi connectivity index (χ1n) is 8.74. The third-order valence-electron chi connectivity index (χ3n) is 4.77. The molecule has 0 aliphatic carbocycles. The van der Waals surface area contributed by atoms with Gasteiger partial charge in [-0.05, 0) is 32.4 Å². The molecule has 1 saturated heterocycles. The fourth-order valence-corrected chi connectivity index (χ4v) is 3.29. The molecule has 0 bridgehead atoms. The Morgan fingerprint density at radius 3 is 2.69 bits per heavy atom. The highest BCUT2D eigenvalue weighted by Crippen LogP contribution is 2.33. The molecule has 1 aromatic heterocycles. The lowest BCUT2D eigenvalue weighted by Crippen LogP contribution is -2.45. The van der Waals surface area contributed by atoms with Crippen LogP contribution in [0, 0.1) is 24.0 Å². The molecule has 1 fully saturated rings. The summed E-state index contributed by atoms with van der Waals surface area (Å²) in [4.78, 5) is 13.5. The molecular formula is C18H24N4O4. The first kappa shape index (κ1) is 18.3. The first-order chi connectivity index (χ1) is 12.5. The molecule has 8 heteroatoms. The Balaban J connectivity index is 1.78. The van der Waals surface area contributed by atoms with Gasteiger partial charge < -0.3 is 14.6 Å². The van der Waals surface area contributed by atoms with Crippen molar-refractivity contribution in [1.29, 1.82) is 0 Å². The first-order valence-corrected chi connectivity index (χ1v) is 8.74. The average molecular weight is 360 g/mol. The smallest absolute Gasteiger partial charge is 0.292 e. The van der Waals surface area contributed by atoms with Crippen molar-refractivity contribution in [1.82, 2.24) is 10.1 Å². The topological polar surface area (TPSA) is 93.7 Å². The van der Waals surface area contributed by atoms with Gasteiger partial charge in [-0.25, -0.2) is 0 Å². The van der Waals surface area contributed by atoms with Gasteiger partial charge in [0.25, 0.3) is 5.69 Å². The maximum absolute atomic E-state index is 11.6. The zero-order valence-electron chi connectivity index (χ0n) is 15.3. The van der Waals surface area contributed by atoms with Crippen LogP contribution in [0.15, 0.2) is 22.7 Å². The van der Waals surface area contributed by atoms with Gasteiger partial charge in [-0.15, -0.1) is 0 Å². The maximum Gasteiger partial charge on any atom is 0.292 e. The summed E-state index contributed by atoms with van der Waals surface area (Å²) in [5.41, 5.74) is 2.84. The van der Waals surface area contributed by atoms with E-state index in [1.807, 2.05) is 13.0 Å². The summed E-state index contributed by atoms with van der Waals surface area (Å²) < 4.78 is 10.5. The molecule has 26 heavy (non-hydrogen) atoms. The van der Waals surface area contributed by atoms with E-state index in [1.165, 1.54) is 0 Å². The molecule has 0 spiro atoms. The number of aromatic nitrogens is 1. The van der Waals surface area contributed by atoms with Crippen LogP contribution < -0.4 is 5.32 Å². The van der Waals surface area contributed by atoms with Crippen LogP contribution in [0.3, 0.4) is 0 Å². The maximum atomic E-state index is 11.6. The number of hydrogen-bond donors (Lipinski definition) is 1. The minimum Gasteiger partial charge on any atom is -0.379 e. The highest BCUT2D eigenvalue weighted by atomic mass is 16.6. The molecule has 140 valence electrons. The molecule has 8 nitrogen and oxygen atoms in total. The fraction of sp³-hybridized carbons (Fsp3) is 0.500. The molecule has 0 saturated carbocycles. The van der Waals surface area contributed by atoms with E-state index in [4.69, 9.17) is 9.26 Å². The van der Waals surface area contributed by atoms with Crippen LogP contribution in [0.2, 0.25) is 0 Å². The van der Waals surface area contributed by atoms with Crippen molar-refractivity contribution in [3.63, 3.8) is 0 Å². The van der Waals surface area contributed by atoms with Crippen molar-refractivity contribution in [3.05, 3.63) is 39.8 Å². The number of hydrogen-bond acceptors (Lipinski definition) is 7. The lowest BCUT2D eigenvalue weighted by atomic mass is 10.0. The molecule has 1 aliphatic heterocycles. The summed E-state index contributed by atoms with van der Waals surface area (Å²) in [6.07, 6.45) is 0. The fourth-order valence-electron chi connectivity index (χ4n) is 3.29. The highest BCUT2D eigenvalue weighted by Gasteiger charge is 2.21. The molecule has 0 amide bonds. The van der Waals surface area contributed by atoms with Crippen molar-refractivity contribution >= 4 is 11.4 Å². The van der Waals surface area contributed by atoms with Gasteiger partial charge in [0.1, 0.15) is 11.4 Å². The molecule has 1 aliphatic rings. The van der Waals surface area contributed by atoms with Crippen molar-refractivity contribution in [2.45, 2.75) is 26.8 Å². The number of aryl methyl sites for hydroxylation is 2. The van der Waals surface area contributed by atoms with Gasteiger partial charge in [-0.2, -0.15) is 0 Å². The van der Waals surface area contributed by atoms with E-state index >= 15 is 0 Å². The summed E-state index contributed by atoms with van der Waals surface area (Å²) in [5, 5.41) is 18.7. The van der Waals surface area contributed by atoms with Crippen LogP contribution in [0.5, 0.6) is 0 Å². The van der Waals surface area contributed by atoms with Crippen molar-refractivity contribution in [2.24, 2.45) is 0 Å². The second kappa shape index (κ2) is 7.84. The third-order valence-corrected chi connectivity index (χ3v) is 4.77. The number of benzene rings is 1. The van der Waals surface area contributed by atoms with E-state index in [9.17, 15) is 10.1 Å². The number of nitro benzene ring substituents is 1. The number of nitrogens with zero attached hydrogens (tertiary/aromatic N) is 3. The summed E-state index contributed by atoms with van der Waals surface area (Å²) in [7, 11) is 0. The second-order valence-corrected chi connectivity index (χ2v) is 6.57. The predicted molar refractivity (Wildman–Crippen MR) is 98.4 cm³/mol. The summed E-state index contributed by atoms with van der Waals surface area (Å²) >= 11 is 0. The largest absolute Gasteiger partial charge is 0.379 e. The van der Waals surface area contributed by atoms with Crippen molar-refractivity contribution < 1.29 is 14.2 Å². The van der Waals surface area contributed by atoms with Crippen LogP contribution in [-0.2, 0) is 4.74 Å². The highest BCUT2D eigenvalue weighted by molar-refractivity contribution is 5.75. The molecular weight excluding hydrogens is 336 g/mol. The molecule has 2 aromatic rings. The SMILES string of the molecule is Cc1noc(C)c1-c1ccc(NC[C@H](C)N2CCOCC2)c([N+](=O)[O-])c1. The molecule has 3 rings (SSSR count). The standard InChI is InChI=1S/C18H24N4O4/c1-12(21-6-8-25-9-7-21)11-19-16-5-4-15(10-17(16)22(23)24)18-13(2)20-26-14(18)3/h4-5,10,12,19H,6-9,11H2,1-3H3/t12-/m0/s1. The molecule has 2 heterocycles. The van der Waals surface area contributed by atoms with Crippen LogP contribution >= 0.6 is 0 Å². The number of nitrogens with one attached hydrogen (secondary N) is 1. The number of morpholine rings is 1. The quantitative estimate of drug-likeness (QED) is 0.625. The van der Waals surface area contributed by atoms with Crippen LogP contribution in [0.25, 0.3) is 11.1 Å². The Bertz CT molecular complexity index is 764. The average Bonchev–Trinajstić information content (AvgIpc) is 2.98. The molecule has 1 aromatic carbocycles. The second-order valence-electron chi connectivity index (χ2n) is 6.57. The Hall–Kier alpha value is -2.45. The predicted octanol–water partition coefficient (Wildman–Crippen LogP) is 3.00. The van der Waals surface area contributed by atoms with Gasteiger partial charge in [0.05, 0.1) is 23.8 Å². The number of rotatable bonds is 6. The van der Waals surface area contributed by atoms with E-state index in [1.54, 1.807) is 19.1 Å². The normalized spacial score (nSPS) is 16.4. The monoisotopic (exact) mass is 360 g/mol. The van der Waals surface area contributed by atoms with Gasteiger partial charge in [-0.1, -0.05) is 11.2 Å². The number of nitro groups is 1. The molecule has 1 N–H and O–H groups in total. The summed E-state index contributed by atoms with van der Waals surface area (Å²) in [5.74, 6) is 0.651. The van der Waals surface area contributed by atoms with Crippen LogP contribution in [0.1, 0.15) is 18.4 Å². The van der Waals surface area contributed by atoms with Gasteiger partial charge >= 0.3 is 0 Å². The Labute approximate surface area is 152 Å². The minimum absolute atomic E-state index is 0.0525. The Kier molecular flexibility index (Phi) is 5.53. The van der Waals surface area contributed by atoms with E-state index in [2.05, 4.69) is 22.3 Å². The molecule has 0 unspecified atom stereocenters. The van der Waals surface area contributed by atoms with Gasteiger partial charge in [-0.3, -0.25) is 15.0 Å². The molecule has 1 atom stereocenters. The van der Waals surface area contributed by atoms with E-state index < -0.39 is 0 Å². The number of anilines is 1. The Morgan fingerprint density at radius 2 is 2.08 bits per heavy atom. The lowest BCUT2D eigenvalue weighted by Gasteiger charge is -2.32. The summed E-state index contributed by atoms with van der Waals surface area (Å²) in [6.45, 7) is 9.61. The van der Waals surface area contributed by atoms with Crippen molar-refractivity contribution in [2.75, 3.05) is 38.2 Å². The minimum atomic E-state index is -0.358. The van der Waals surface area contributed by atoms with Gasteiger partial charge in [0, 0.05) is 37.3 Å². The van der Waals surface area contributed by atoms with Crippen LogP contribution in [0.4, 0.5) is 11.4 Å². The Morgan fingerprint density at radius 1 is 1.35 bits per heavy atom. The van der Waals surface area contributed by atoms with Crippen LogP contribution in [-0.4, -0.2) is 53.9 Å². The van der Waals surface area contributed by atoms with E-state index in [-0.39, 0.29) is 16.7 Å². The number of ether oxygens (including phenoxy) is 1. The lowest BCUT2D eigenvalue weighted by molar-refractivity contribution is -0.383. The zero-order valence-corrected chi connectivity index (χ0v) is 15.3.